The number of amides is 3. The Morgan fingerprint density at radius 3 is 2.26 bits per heavy atom. The third-order valence-corrected chi connectivity index (χ3v) is 8.01. The minimum Gasteiger partial charge on any atom is -0.394 e. The van der Waals surface area contributed by atoms with Gasteiger partial charge in [-0.3, -0.25) is 14.4 Å². The van der Waals surface area contributed by atoms with Crippen molar-refractivity contribution in [2.24, 2.45) is 11.8 Å². The summed E-state index contributed by atoms with van der Waals surface area (Å²) < 4.78 is 6.78. The Kier molecular flexibility index (Phi) is 6.93. The fraction of sp³-hybridized carbons (Fsp3) is 0.731. The Bertz CT molecular complexity index is 884. The predicted molar refractivity (Wildman–Crippen MR) is 128 cm³/mol. The van der Waals surface area contributed by atoms with Crippen molar-refractivity contribution in [3.8, 4) is 0 Å². The molecule has 3 amide bonds. The van der Waals surface area contributed by atoms with Gasteiger partial charge in [-0.15, -0.1) is 0 Å². The van der Waals surface area contributed by atoms with Gasteiger partial charge in [0.15, 0.2) is 0 Å². The van der Waals surface area contributed by atoms with Gasteiger partial charge < -0.3 is 24.5 Å². The Labute approximate surface area is 202 Å². The topological polar surface area (TPSA) is 90.4 Å². The molecule has 4 heterocycles. The fourth-order valence-electron chi connectivity index (χ4n) is 6.39. The first-order chi connectivity index (χ1) is 16.3. The van der Waals surface area contributed by atoms with Crippen LogP contribution in [-0.2, 0) is 19.1 Å². The van der Waals surface area contributed by atoms with Crippen molar-refractivity contribution < 1.29 is 24.2 Å². The number of aliphatic hydroxyl groups excluding tert-OH is 1. The third-order valence-electron chi connectivity index (χ3n) is 8.01. The Balaban J connectivity index is 1.85. The second kappa shape index (κ2) is 9.46. The predicted octanol–water partition coefficient (Wildman–Crippen LogP) is 1.74. The Hall–Kier alpha value is -2.19. The van der Waals surface area contributed by atoms with Crippen molar-refractivity contribution in [3.63, 3.8) is 0 Å². The van der Waals surface area contributed by atoms with E-state index in [4.69, 9.17) is 4.74 Å². The van der Waals surface area contributed by atoms with Crippen LogP contribution in [0.4, 0.5) is 0 Å². The molecule has 188 valence electrons. The molecule has 1 N–H and O–H groups in total. The summed E-state index contributed by atoms with van der Waals surface area (Å²) in [6.07, 6.45) is 10.8. The smallest absolute Gasteiger partial charge is 0.249 e. The van der Waals surface area contributed by atoms with Gasteiger partial charge in [-0.05, 0) is 26.2 Å². The highest BCUT2D eigenvalue weighted by Gasteiger charge is 2.75. The molecule has 0 aromatic rings. The molecule has 1 unspecified atom stereocenters. The Morgan fingerprint density at radius 2 is 1.65 bits per heavy atom. The summed E-state index contributed by atoms with van der Waals surface area (Å²) in [5.41, 5.74) is -2.24. The van der Waals surface area contributed by atoms with Crippen LogP contribution in [0.25, 0.3) is 0 Å². The second-order valence-corrected chi connectivity index (χ2v) is 10.2. The van der Waals surface area contributed by atoms with Crippen molar-refractivity contribution in [3.05, 3.63) is 24.3 Å². The minimum absolute atomic E-state index is 0.102. The molecule has 8 nitrogen and oxygen atoms in total. The van der Waals surface area contributed by atoms with E-state index in [-0.39, 0.29) is 24.3 Å². The monoisotopic (exact) mass is 473 g/mol. The van der Waals surface area contributed by atoms with Crippen LogP contribution in [-0.4, -0.2) is 93.6 Å². The molecule has 0 aliphatic carbocycles. The van der Waals surface area contributed by atoms with Gasteiger partial charge in [0.1, 0.15) is 11.6 Å². The zero-order valence-electron chi connectivity index (χ0n) is 20.9. The summed E-state index contributed by atoms with van der Waals surface area (Å²) in [7, 11) is 0. The van der Waals surface area contributed by atoms with Crippen LogP contribution in [0.3, 0.4) is 0 Å². The summed E-state index contributed by atoms with van der Waals surface area (Å²) >= 11 is 0. The molecule has 4 rings (SSSR count). The fourth-order valence-corrected chi connectivity index (χ4v) is 6.39. The summed E-state index contributed by atoms with van der Waals surface area (Å²) in [5, 5.41) is 10.1. The maximum atomic E-state index is 14.1. The van der Waals surface area contributed by atoms with Crippen molar-refractivity contribution in [2.75, 3.05) is 32.8 Å². The third kappa shape index (κ3) is 3.61. The normalized spacial score (nSPS) is 35.9. The molecule has 8 heteroatoms. The van der Waals surface area contributed by atoms with Crippen LogP contribution in [0.1, 0.15) is 53.4 Å². The van der Waals surface area contributed by atoms with E-state index >= 15 is 0 Å². The zero-order valence-corrected chi connectivity index (χ0v) is 20.9. The molecule has 6 atom stereocenters. The van der Waals surface area contributed by atoms with Crippen LogP contribution in [0, 0.1) is 11.8 Å². The van der Waals surface area contributed by atoms with Crippen LogP contribution in [0.15, 0.2) is 24.3 Å². The molecule has 0 radical (unpaired) electrons. The van der Waals surface area contributed by atoms with E-state index in [9.17, 15) is 19.5 Å². The van der Waals surface area contributed by atoms with Gasteiger partial charge in [-0.2, -0.15) is 0 Å². The minimum atomic E-state index is -1.24. The maximum Gasteiger partial charge on any atom is 0.249 e. The Morgan fingerprint density at radius 1 is 0.971 bits per heavy atom. The van der Waals surface area contributed by atoms with Crippen LogP contribution in [0.2, 0.25) is 0 Å². The van der Waals surface area contributed by atoms with Crippen LogP contribution < -0.4 is 0 Å². The van der Waals surface area contributed by atoms with Gasteiger partial charge in [0, 0.05) is 26.2 Å². The van der Waals surface area contributed by atoms with E-state index in [0.717, 1.165) is 19.3 Å². The molecule has 0 aromatic heterocycles. The second-order valence-electron chi connectivity index (χ2n) is 10.2. The van der Waals surface area contributed by atoms with E-state index in [0.29, 0.717) is 32.6 Å². The summed E-state index contributed by atoms with van der Waals surface area (Å²) in [5.74, 6) is -2.08. The van der Waals surface area contributed by atoms with Crippen molar-refractivity contribution in [2.45, 2.75) is 76.7 Å². The van der Waals surface area contributed by atoms with Gasteiger partial charge >= 0.3 is 0 Å². The first kappa shape index (κ1) is 24.9. The number of hydrogen-bond donors (Lipinski definition) is 1. The molecule has 0 bridgehead atoms. The molecule has 4 aliphatic heterocycles. The molecule has 2 saturated heterocycles. The first-order valence-corrected chi connectivity index (χ1v) is 12.9. The van der Waals surface area contributed by atoms with Crippen molar-refractivity contribution in [1.29, 1.82) is 0 Å². The molecular formula is C26H39N3O5. The molecule has 0 aromatic carbocycles. The summed E-state index contributed by atoms with van der Waals surface area (Å²) in [4.78, 5) is 47.1. The van der Waals surface area contributed by atoms with E-state index in [2.05, 4.69) is 6.92 Å². The van der Waals surface area contributed by atoms with Crippen molar-refractivity contribution >= 4 is 17.7 Å². The number of hydrogen-bond acceptors (Lipinski definition) is 5. The quantitative estimate of drug-likeness (QED) is 0.543. The number of carbonyl (C=O) groups is 3. The molecule has 34 heavy (non-hydrogen) atoms. The summed E-state index contributed by atoms with van der Waals surface area (Å²) in [6, 6.07) is -1.41. The first-order valence-electron chi connectivity index (χ1n) is 12.9. The van der Waals surface area contributed by atoms with Gasteiger partial charge in [0.05, 0.1) is 30.1 Å². The lowest BCUT2D eigenvalue weighted by atomic mass is 9.74. The molecule has 0 saturated carbocycles. The van der Waals surface area contributed by atoms with Gasteiger partial charge in [-0.1, -0.05) is 51.5 Å². The van der Waals surface area contributed by atoms with Gasteiger partial charge in [0.25, 0.3) is 0 Å². The number of aliphatic hydroxyl groups is 1. The lowest BCUT2D eigenvalue weighted by Gasteiger charge is -2.40. The molecule has 1 spiro atoms. The lowest BCUT2D eigenvalue weighted by molar-refractivity contribution is -0.155. The van der Waals surface area contributed by atoms with Crippen LogP contribution in [0.5, 0.6) is 0 Å². The highest BCUT2D eigenvalue weighted by molar-refractivity contribution is 6.00. The van der Waals surface area contributed by atoms with E-state index < -0.39 is 35.1 Å². The standard InChI is InChI=1S/C26H39N3O5/c1-5-8-14-28-16-10-12-26-20(23(32)29(18(7-3)17-30)21(26)24(28)33)19-22(31)27(13-6-2)15-9-11-25(19,4)34-26/h9-12,18-21,30H,5-8,13-17H2,1-4H3/t18-,19-,20-,21?,25+,26-/m0/s1. The highest BCUT2D eigenvalue weighted by Crippen LogP contribution is 2.57. The lowest BCUT2D eigenvalue weighted by Crippen LogP contribution is -2.58. The number of likely N-dealkylation sites (tertiary alicyclic amines) is 1. The number of unbranched alkanes of at least 4 members (excludes halogenated alkanes) is 1. The van der Waals surface area contributed by atoms with E-state index in [1.54, 1.807) is 14.7 Å². The molecular weight excluding hydrogens is 434 g/mol. The number of ether oxygens (including phenoxy) is 1. The largest absolute Gasteiger partial charge is 0.394 e. The van der Waals surface area contributed by atoms with E-state index in [1.807, 2.05) is 45.1 Å². The maximum absolute atomic E-state index is 14.1. The number of carbonyl (C=O) groups excluding carboxylic acids is 3. The average molecular weight is 474 g/mol. The average Bonchev–Trinajstić information content (AvgIpc) is 3.09. The number of rotatable bonds is 8. The highest BCUT2D eigenvalue weighted by atomic mass is 16.5. The molecule has 4 aliphatic rings. The van der Waals surface area contributed by atoms with Gasteiger partial charge in [-0.25, -0.2) is 0 Å². The van der Waals surface area contributed by atoms with E-state index in [1.165, 1.54) is 0 Å². The molecule has 2 fully saturated rings. The van der Waals surface area contributed by atoms with Crippen LogP contribution >= 0.6 is 0 Å². The summed E-state index contributed by atoms with van der Waals surface area (Å²) in [6.45, 7) is 9.74. The SMILES string of the molecule is CCCCN1CC=C[C@]23O[C@]4(C)C=CCN(CCC)C(=O)[C@@H]4[C@H]2C(=O)N([C@@H](CC)CO)C3C1=O. The van der Waals surface area contributed by atoms with Crippen molar-refractivity contribution in [1.82, 2.24) is 14.7 Å². The van der Waals surface area contributed by atoms with Gasteiger partial charge in [0.2, 0.25) is 17.7 Å². The zero-order chi connectivity index (χ0) is 24.7. The number of nitrogens with zero attached hydrogens (tertiary/aromatic N) is 3. The number of fused-ring (bicyclic) bond motifs is 2.